The Bertz CT molecular complexity index is 931. The van der Waals surface area contributed by atoms with Gasteiger partial charge in [-0.15, -0.1) is 0 Å². The van der Waals surface area contributed by atoms with Gasteiger partial charge in [-0.05, 0) is 23.6 Å². The van der Waals surface area contributed by atoms with Crippen LogP contribution in [0.2, 0.25) is 0 Å². The standard InChI is InChI=1S/C25H35N3O4/c1-25(2,3)17-22(29)27(15-16-31-4)18-23(30)28-14-13-26-12-8-10-20(26)24(28)19-9-6-7-11-21(19)32-5/h6-12,24H,13-18H2,1-5H3. The molecule has 0 aliphatic carbocycles. The summed E-state index contributed by atoms with van der Waals surface area (Å²) in [6.45, 7) is 8.17. The van der Waals surface area contributed by atoms with E-state index in [1.165, 1.54) is 0 Å². The number of para-hydroxylation sites is 1. The maximum atomic E-state index is 13.6. The molecule has 32 heavy (non-hydrogen) atoms. The molecule has 3 rings (SSSR count). The van der Waals surface area contributed by atoms with E-state index in [1.54, 1.807) is 19.1 Å². The smallest absolute Gasteiger partial charge is 0.243 e. The van der Waals surface area contributed by atoms with E-state index in [2.05, 4.69) is 4.57 Å². The van der Waals surface area contributed by atoms with Crippen molar-refractivity contribution >= 4 is 11.8 Å². The number of nitrogens with zero attached hydrogens (tertiary/aromatic N) is 3. The fourth-order valence-electron chi connectivity index (χ4n) is 4.18. The van der Waals surface area contributed by atoms with Crippen molar-refractivity contribution in [1.82, 2.24) is 14.4 Å². The molecule has 2 amide bonds. The quantitative estimate of drug-likeness (QED) is 0.630. The Morgan fingerprint density at radius 3 is 2.53 bits per heavy atom. The Labute approximate surface area is 190 Å². The minimum absolute atomic E-state index is 0.0304. The van der Waals surface area contributed by atoms with E-state index in [4.69, 9.17) is 9.47 Å². The minimum Gasteiger partial charge on any atom is -0.496 e. The zero-order valence-corrected chi connectivity index (χ0v) is 19.8. The summed E-state index contributed by atoms with van der Waals surface area (Å²) in [6, 6.07) is 11.6. The number of methoxy groups -OCH3 is 2. The van der Waals surface area contributed by atoms with Gasteiger partial charge in [0.2, 0.25) is 11.8 Å². The zero-order valence-electron chi connectivity index (χ0n) is 19.8. The van der Waals surface area contributed by atoms with Gasteiger partial charge in [-0.3, -0.25) is 9.59 Å². The molecule has 1 aromatic heterocycles. The Morgan fingerprint density at radius 1 is 1.09 bits per heavy atom. The van der Waals surface area contributed by atoms with E-state index in [0.717, 1.165) is 17.0 Å². The highest BCUT2D eigenvalue weighted by Crippen LogP contribution is 2.37. The molecule has 2 heterocycles. The molecule has 0 spiro atoms. The van der Waals surface area contributed by atoms with Gasteiger partial charge in [-0.2, -0.15) is 0 Å². The highest BCUT2D eigenvalue weighted by atomic mass is 16.5. The van der Waals surface area contributed by atoms with E-state index in [-0.39, 0.29) is 29.8 Å². The molecule has 7 nitrogen and oxygen atoms in total. The topological polar surface area (TPSA) is 64.0 Å². The number of ether oxygens (including phenoxy) is 2. The molecule has 0 bridgehead atoms. The molecule has 7 heteroatoms. The van der Waals surface area contributed by atoms with Crippen LogP contribution in [0.1, 0.15) is 44.5 Å². The fourth-order valence-corrected chi connectivity index (χ4v) is 4.18. The molecule has 0 fully saturated rings. The Morgan fingerprint density at radius 2 is 1.84 bits per heavy atom. The third-order valence-corrected chi connectivity index (χ3v) is 5.72. The number of rotatable bonds is 8. The van der Waals surface area contributed by atoms with E-state index in [9.17, 15) is 9.59 Å². The average molecular weight is 442 g/mol. The molecule has 2 aromatic rings. The van der Waals surface area contributed by atoms with Crippen LogP contribution in [0.15, 0.2) is 42.6 Å². The van der Waals surface area contributed by atoms with Gasteiger partial charge in [-0.25, -0.2) is 0 Å². The van der Waals surface area contributed by atoms with Gasteiger partial charge in [0.05, 0.1) is 20.3 Å². The van der Waals surface area contributed by atoms with Crippen LogP contribution < -0.4 is 4.74 Å². The largest absolute Gasteiger partial charge is 0.496 e. The molecule has 1 unspecified atom stereocenters. The summed E-state index contributed by atoms with van der Waals surface area (Å²) in [5.74, 6) is 0.633. The summed E-state index contributed by atoms with van der Waals surface area (Å²) >= 11 is 0. The number of carbonyl (C=O) groups is 2. The summed E-state index contributed by atoms with van der Waals surface area (Å²) in [6.07, 6.45) is 2.42. The first-order chi connectivity index (χ1) is 15.2. The highest BCUT2D eigenvalue weighted by Gasteiger charge is 2.35. The van der Waals surface area contributed by atoms with Gasteiger partial charge in [0.25, 0.3) is 0 Å². The molecule has 1 aromatic carbocycles. The zero-order chi connectivity index (χ0) is 23.3. The molecule has 174 valence electrons. The highest BCUT2D eigenvalue weighted by molar-refractivity contribution is 5.85. The second-order valence-electron chi connectivity index (χ2n) is 9.40. The SMILES string of the molecule is COCCN(CC(=O)N1CCn2cccc2C1c1ccccc1OC)C(=O)CC(C)(C)C. The van der Waals surface area contributed by atoms with Crippen molar-refractivity contribution in [3.63, 3.8) is 0 Å². The summed E-state index contributed by atoms with van der Waals surface area (Å²) in [4.78, 5) is 30.1. The monoisotopic (exact) mass is 441 g/mol. The summed E-state index contributed by atoms with van der Waals surface area (Å²) in [5, 5.41) is 0. The first-order valence-corrected chi connectivity index (χ1v) is 11.1. The molecule has 0 N–H and O–H groups in total. The predicted molar refractivity (Wildman–Crippen MR) is 124 cm³/mol. The van der Waals surface area contributed by atoms with E-state index in [1.807, 2.05) is 68.3 Å². The molecule has 0 saturated carbocycles. The van der Waals surface area contributed by atoms with Gasteiger partial charge in [0.15, 0.2) is 0 Å². The van der Waals surface area contributed by atoms with Crippen LogP contribution in [0.25, 0.3) is 0 Å². The number of carbonyl (C=O) groups excluding carboxylic acids is 2. The van der Waals surface area contributed by atoms with E-state index < -0.39 is 0 Å². The number of fused-ring (bicyclic) bond motifs is 1. The lowest BCUT2D eigenvalue weighted by atomic mass is 9.91. The van der Waals surface area contributed by atoms with Gasteiger partial charge in [-0.1, -0.05) is 39.0 Å². The second-order valence-corrected chi connectivity index (χ2v) is 9.40. The number of hydrogen-bond donors (Lipinski definition) is 0. The van der Waals surface area contributed by atoms with Crippen molar-refractivity contribution < 1.29 is 19.1 Å². The number of aromatic nitrogens is 1. The lowest BCUT2D eigenvalue weighted by molar-refractivity contribution is -0.143. The number of amides is 2. The summed E-state index contributed by atoms with van der Waals surface area (Å²) < 4.78 is 13.0. The number of hydrogen-bond acceptors (Lipinski definition) is 4. The van der Waals surface area contributed by atoms with Crippen molar-refractivity contribution in [3.05, 3.63) is 53.9 Å². The first kappa shape index (κ1) is 23.9. The van der Waals surface area contributed by atoms with Crippen LogP contribution in [0.4, 0.5) is 0 Å². The van der Waals surface area contributed by atoms with Gasteiger partial charge < -0.3 is 23.8 Å². The van der Waals surface area contributed by atoms with Crippen molar-refractivity contribution in [2.75, 3.05) is 40.5 Å². The van der Waals surface area contributed by atoms with Crippen LogP contribution in [0.5, 0.6) is 5.75 Å². The van der Waals surface area contributed by atoms with Crippen molar-refractivity contribution in [2.45, 2.75) is 39.8 Å². The normalized spacial score (nSPS) is 15.9. The van der Waals surface area contributed by atoms with Crippen LogP contribution in [-0.2, 0) is 20.9 Å². The Kier molecular flexibility index (Phi) is 7.61. The first-order valence-electron chi connectivity index (χ1n) is 11.1. The van der Waals surface area contributed by atoms with Gasteiger partial charge in [0, 0.05) is 50.6 Å². The lowest BCUT2D eigenvalue weighted by Gasteiger charge is -2.39. The van der Waals surface area contributed by atoms with Gasteiger partial charge >= 0.3 is 0 Å². The summed E-state index contributed by atoms with van der Waals surface area (Å²) in [5.41, 5.74) is 1.82. The average Bonchev–Trinajstić information content (AvgIpc) is 3.23. The molecular weight excluding hydrogens is 406 g/mol. The summed E-state index contributed by atoms with van der Waals surface area (Å²) in [7, 11) is 3.25. The molecular formula is C25H35N3O4. The second kappa shape index (κ2) is 10.2. The van der Waals surface area contributed by atoms with Crippen molar-refractivity contribution in [1.29, 1.82) is 0 Å². The third-order valence-electron chi connectivity index (χ3n) is 5.72. The maximum Gasteiger partial charge on any atom is 0.243 e. The van der Waals surface area contributed by atoms with Gasteiger partial charge in [0.1, 0.15) is 11.8 Å². The minimum atomic E-state index is -0.274. The Balaban J connectivity index is 1.89. The third kappa shape index (κ3) is 5.51. The molecule has 0 saturated heterocycles. The molecule has 1 atom stereocenters. The molecule has 1 aliphatic heterocycles. The van der Waals surface area contributed by atoms with Crippen LogP contribution >= 0.6 is 0 Å². The lowest BCUT2D eigenvalue weighted by Crippen LogP contribution is -2.49. The van der Waals surface area contributed by atoms with Crippen LogP contribution in [-0.4, -0.2) is 66.6 Å². The molecule has 0 radical (unpaired) electrons. The maximum absolute atomic E-state index is 13.6. The predicted octanol–water partition coefficient (Wildman–Crippen LogP) is 3.34. The van der Waals surface area contributed by atoms with Crippen LogP contribution in [0.3, 0.4) is 0 Å². The van der Waals surface area contributed by atoms with Crippen LogP contribution in [0, 0.1) is 5.41 Å². The van der Waals surface area contributed by atoms with Crippen molar-refractivity contribution in [3.8, 4) is 5.75 Å². The number of benzene rings is 1. The molecule has 1 aliphatic rings. The fraction of sp³-hybridized carbons (Fsp3) is 0.520. The van der Waals surface area contributed by atoms with E-state index in [0.29, 0.717) is 32.7 Å². The van der Waals surface area contributed by atoms with E-state index >= 15 is 0 Å². The Hall–Kier alpha value is -2.80. The van der Waals surface area contributed by atoms with Crippen molar-refractivity contribution in [2.24, 2.45) is 5.41 Å².